The van der Waals surface area contributed by atoms with Gasteiger partial charge in [-0.25, -0.2) is 23.1 Å². The van der Waals surface area contributed by atoms with Gasteiger partial charge in [0.15, 0.2) is 11.5 Å². The van der Waals surface area contributed by atoms with Crippen LogP contribution >= 0.6 is 11.3 Å². The highest BCUT2D eigenvalue weighted by molar-refractivity contribution is 7.89. The van der Waals surface area contributed by atoms with Crippen molar-refractivity contribution in [1.82, 2.24) is 14.7 Å². The standard InChI is InChI=1S/C17H16N4O4S2/c22-27(23,12-1-2-14-15(7-12)25-5-4-24-14)20-11-8-21(9-11)17-16-13(3-6-26-16)18-10-19-17/h1-3,6-7,10-11,20H,4-5,8-9H2. The number of anilines is 1. The molecule has 2 aromatic heterocycles. The quantitative estimate of drug-likeness (QED) is 0.706. The van der Waals surface area contributed by atoms with E-state index in [4.69, 9.17) is 9.47 Å². The van der Waals surface area contributed by atoms with Crippen molar-refractivity contribution in [3.05, 3.63) is 36.0 Å². The maximum absolute atomic E-state index is 12.7. The van der Waals surface area contributed by atoms with Gasteiger partial charge in [0, 0.05) is 19.2 Å². The number of nitrogens with one attached hydrogen (secondary N) is 1. The molecule has 8 nitrogen and oxygen atoms in total. The second-order valence-electron chi connectivity index (χ2n) is 6.36. The lowest BCUT2D eigenvalue weighted by Crippen LogP contribution is -2.59. The van der Waals surface area contributed by atoms with Gasteiger partial charge < -0.3 is 14.4 Å². The van der Waals surface area contributed by atoms with Crippen molar-refractivity contribution in [3.63, 3.8) is 0 Å². The molecule has 4 heterocycles. The lowest BCUT2D eigenvalue weighted by molar-refractivity contribution is 0.171. The Bertz CT molecular complexity index is 1110. The number of ether oxygens (including phenoxy) is 2. The molecule has 10 heteroatoms. The van der Waals surface area contributed by atoms with E-state index in [9.17, 15) is 8.42 Å². The third-order valence-electron chi connectivity index (χ3n) is 4.55. The first kappa shape index (κ1) is 16.7. The summed E-state index contributed by atoms with van der Waals surface area (Å²) in [6.45, 7) is 2.01. The number of hydrogen-bond donors (Lipinski definition) is 1. The largest absolute Gasteiger partial charge is 0.486 e. The first-order chi connectivity index (χ1) is 13.1. The minimum atomic E-state index is -3.63. The third-order valence-corrected chi connectivity index (χ3v) is 6.97. The van der Waals surface area contributed by atoms with E-state index < -0.39 is 10.0 Å². The topological polar surface area (TPSA) is 93.7 Å². The first-order valence-corrected chi connectivity index (χ1v) is 10.8. The monoisotopic (exact) mass is 404 g/mol. The van der Waals surface area contributed by atoms with E-state index in [1.807, 2.05) is 11.4 Å². The van der Waals surface area contributed by atoms with Gasteiger partial charge in [0.25, 0.3) is 0 Å². The average Bonchev–Trinajstić information content (AvgIpc) is 3.13. The van der Waals surface area contributed by atoms with Gasteiger partial charge in [-0.05, 0) is 23.6 Å². The van der Waals surface area contributed by atoms with Crippen LogP contribution < -0.4 is 19.1 Å². The van der Waals surface area contributed by atoms with Gasteiger partial charge in [-0.1, -0.05) is 0 Å². The molecule has 0 atom stereocenters. The first-order valence-electron chi connectivity index (χ1n) is 8.45. The maximum atomic E-state index is 12.7. The molecule has 1 fully saturated rings. The zero-order valence-electron chi connectivity index (χ0n) is 14.2. The number of benzene rings is 1. The SMILES string of the molecule is O=S(=O)(NC1CN(c2ncnc3ccsc23)C1)c1ccc2c(c1)OCCO2. The molecule has 0 radical (unpaired) electrons. The summed E-state index contributed by atoms with van der Waals surface area (Å²) >= 11 is 1.58. The Labute approximate surface area is 159 Å². The fourth-order valence-corrected chi connectivity index (χ4v) is 5.30. The lowest BCUT2D eigenvalue weighted by atomic mass is 10.1. The van der Waals surface area contributed by atoms with Crippen molar-refractivity contribution in [2.24, 2.45) is 0 Å². The Balaban J connectivity index is 1.30. The highest BCUT2D eigenvalue weighted by Crippen LogP contribution is 2.33. The predicted octanol–water partition coefficient (Wildman–Crippen LogP) is 1.63. The number of aromatic nitrogens is 2. The zero-order valence-corrected chi connectivity index (χ0v) is 15.8. The predicted molar refractivity (Wildman–Crippen MR) is 101 cm³/mol. The van der Waals surface area contributed by atoms with Crippen molar-refractivity contribution >= 4 is 37.4 Å². The normalized spacial score (nSPS) is 17.1. The van der Waals surface area contributed by atoms with Crippen molar-refractivity contribution in [2.75, 3.05) is 31.2 Å². The van der Waals surface area contributed by atoms with Crippen LogP contribution in [0.4, 0.5) is 5.82 Å². The number of sulfonamides is 1. The minimum Gasteiger partial charge on any atom is -0.486 e. The number of nitrogens with zero attached hydrogens (tertiary/aromatic N) is 3. The van der Waals surface area contributed by atoms with E-state index in [1.54, 1.807) is 17.4 Å². The lowest BCUT2D eigenvalue weighted by Gasteiger charge is -2.40. The highest BCUT2D eigenvalue weighted by atomic mass is 32.2. The van der Waals surface area contributed by atoms with E-state index in [-0.39, 0.29) is 10.9 Å². The summed E-state index contributed by atoms with van der Waals surface area (Å²) in [4.78, 5) is 10.8. The van der Waals surface area contributed by atoms with Gasteiger partial charge in [-0.2, -0.15) is 0 Å². The van der Waals surface area contributed by atoms with Crippen molar-refractivity contribution < 1.29 is 17.9 Å². The van der Waals surface area contributed by atoms with Gasteiger partial charge in [0.2, 0.25) is 10.0 Å². The van der Waals surface area contributed by atoms with Gasteiger partial charge in [-0.3, -0.25) is 0 Å². The smallest absolute Gasteiger partial charge is 0.241 e. The number of hydrogen-bond acceptors (Lipinski definition) is 8. The fraction of sp³-hybridized carbons (Fsp3) is 0.294. The molecule has 140 valence electrons. The van der Waals surface area contributed by atoms with Crippen LogP contribution in [0.25, 0.3) is 10.2 Å². The molecule has 27 heavy (non-hydrogen) atoms. The molecular formula is C17H16N4O4S2. The summed E-state index contributed by atoms with van der Waals surface area (Å²) in [5, 5.41) is 1.98. The second kappa shape index (κ2) is 6.32. The molecule has 0 spiro atoms. The van der Waals surface area contributed by atoms with E-state index in [1.165, 1.54) is 18.5 Å². The molecule has 5 rings (SSSR count). The summed E-state index contributed by atoms with van der Waals surface area (Å²) in [6, 6.07) is 6.45. The summed E-state index contributed by atoms with van der Waals surface area (Å²) in [6.07, 6.45) is 1.54. The molecule has 0 saturated carbocycles. The van der Waals surface area contributed by atoms with Crippen LogP contribution in [0.5, 0.6) is 11.5 Å². The van der Waals surface area contributed by atoms with E-state index in [0.29, 0.717) is 37.8 Å². The molecular weight excluding hydrogens is 388 g/mol. The average molecular weight is 404 g/mol. The molecule has 0 amide bonds. The number of fused-ring (bicyclic) bond motifs is 2. The molecule has 1 N–H and O–H groups in total. The fourth-order valence-electron chi connectivity index (χ4n) is 3.21. The third kappa shape index (κ3) is 2.99. The van der Waals surface area contributed by atoms with Crippen LogP contribution in [0.2, 0.25) is 0 Å². The van der Waals surface area contributed by atoms with E-state index in [2.05, 4.69) is 19.6 Å². The molecule has 2 aliphatic rings. The van der Waals surface area contributed by atoms with Gasteiger partial charge in [0.05, 0.1) is 21.2 Å². The van der Waals surface area contributed by atoms with Crippen molar-refractivity contribution in [2.45, 2.75) is 10.9 Å². The Morgan fingerprint density at radius 2 is 1.93 bits per heavy atom. The maximum Gasteiger partial charge on any atom is 0.241 e. The van der Waals surface area contributed by atoms with Gasteiger partial charge in [-0.15, -0.1) is 11.3 Å². The van der Waals surface area contributed by atoms with E-state index in [0.717, 1.165) is 16.0 Å². The Morgan fingerprint density at radius 1 is 1.11 bits per heavy atom. The summed E-state index contributed by atoms with van der Waals surface area (Å²) in [5.74, 6) is 1.88. The summed E-state index contributed by atoms with van der Waals surface area (Å²) < 4.78 is 40.1. The summed E-state index contributed by atoms with van der Waals surface area (Å²) in [7, 11) is -3.63. The number of rotatable bonds is 4. The van der Waals surface area contributed by atoms with Crippen molar-refractivity contribution in [1.29, 1.82) is 0 Å². The molecule has 2 aliphatic heterocycles. The molecule has 0 bridgehead atoms. The van der Waals surface area contributed by atoms with Crippen LogP contribution in [-0.2, 0) is 10.0 Å². The van der Waals surface area contributed by atoms with Crippen molar-refractivity contribution in [3.8, 4) is 11.5 Å². The second-order valence-corrected chi connectivity index (χ2v) is 8.99. The Morgan fingerprint density at radius 3 is 2.78 bits per heavy atom. The van der Waals surface area contributed by atoms with Crippen LogP contribution in [0.3, 0.4) is 0 Å². The van der Waals surface area contributed by atoms with Crippen LogP contribution in [0, 0.1) is 0 Å². The molecule has 1 aromatic carbocycles. The van der Waals surface area contributed by atoms with Crippen LogP contribution in [0.1, 0.15) is 0 Å². The Hall–Kier alpha value is -2.43. The Kier molecular flexibility index (Phi) is 3.92. The zero-order chi connectivity index (χ0) is 18.4. The molecule has 1 saturated heterocycles. The molecule has 0 unspecified atom stereocenters. The van der Waals surface area contributed by atoms with Gasteiger partial charge >= 0.3 is 0 Å². The molecule has 3 aromatic rings. The molecule has 0 aliphatic carbocycles. The number of thiophene rings is 1. The van der Waals surface area contributed by atoms with E-state index >= 15 is 0 Å². The van der Waals surface area contributed by atoms with Crippen LogP contribution in [0.15, 0.2) is 40.9 Å². The summed E-state index contributed by atoms with van der Waals surface area (Å²) in [5.41, 5.74) is 0.908. The van der Waals surface area contributed by atoms with Gasteiger partial charge in [0.1, 0.15) is 25.4 Å². The minimum absolute atomic E-state index is 0.173. The highest BCUT2D eigenvalue weighted by Gasteiger charge is 2.33. The van der Waals surface area contributed by atoms with Crippen LogP contribution in [-0.4, -0.2) is 50.7 Å².